The van der Waals surface area contributed by atoms with Gasteiger partial charge in [0.15, 0.2) is 0 Å². The van der Waals surface area contributed by atoms with E-state index in [4.69, 9.17) is 5.14 Å². The number of aromatic nitrogens is 2. The van der Waals surface area contributed by atoms with Crippen molar-refractivity contribution in [2.45, 2.75) is 18.2 Å². The van der Waals surface area contributed by atoms with Gasteiger partial charge in [-0.15, -0.1) is 0 Å². The Morgan fingerprint density at radius 1 is 1.07 bits per heavy atom. The fraction of sp³-hybridized carbons (Fsp3) is 0.158. The van der Waals surface area contributed by atoms with Crippen LogP contribution in [0, 0.1) is 6.92 Å². The summed E-state index contributed by atoms with van der Waals surface area (Å²) in [7, 11) is -3.71. The molecule has 1 heterocycles. The van der Waals surface area contributed by atoms with Gasteiger partial charge in [-0.2, -0.15) is 0 Å². The molecular weight excluding hydrogens is 380 g/mol. The number of aryl methyl sites for hydroxylation is 1. The minimum atomic E-state index is -3.71. The standard InChI is InChI=1S/C19H20N4O4S/c1-13-3-2-4-15(11-13)23-18(24)12-17(22-19(23)25)21-10-9-14-5-7-16(8-6-14)28(20,26)27/h2-8,11-12,21H,9-10H2,1H3,(H,22,25)(H2,20,26,27). The van der Waals surface area contributed by atoms with Crippen LogP contribution in [0.2, 0.25) is 0 Å². The number of H-pyrrole nitrogens is 1. The Hall–Kier alpha value is -3.17. The van der Waals surface area contributed by atoms with Crippen LogP contribution in [-0.2, 0) is 16.4 Å². The molecule has 146 valence electrons. The van der Waals surface area contributed by atoms with E-state index in [1.54, 1.807) is 30.3 Å². The molecule has 3 rings (SSSR count). The Morgan fingerprint density at radius 3 is 2.39 bits per heavy atom. The Bertz CT molecular complexity index is 1180. The Balaban J connectivity index is 1.70. The van der Waals surface area contributed by atoms with Gasteiger partial charge in [-0.05, 0) is 48.7 Å². The SMILES string of the molecule is Cc1cccc(-n2c(=O)cc(NCCc3ccc(S(N)(=O)=O)cc3)[nH]c2=O)c1. The summed E-state index contributed by atoms with van der Waals surface area (Å²) < 4.78 is 23.6. The first-order chi connectivity index (χ1) is 13.2. The van der Waals surface area contributed by atoms with Crippen LogP contribution in [-0.4, -0.2) is 24.5 Å². The van der Waals surface area contributed by atoms with Gasteiger partial charge in [-0.3, -0.25) is 9.78 Å². The maximum absolute atomic E-state index is 12.4. The van der Waals surface area contributed by atoms with Crippen molar-refractivity contribution in [1.29, 1.82) is 0 Å². The molecule has 0 aliphatic rings. The van der Waals surface area contributed by atoms with Crippen molar-refractivity contribution >= 4 is 15.8 Å². The molecule has 0 saturated heterocycles. The molecule has 3 aromatic rings. The van der Waals surface area contributed by atoms with Crippen LogP contribution in [0.25, 0.3) is 5.69 Å². The molecular formula is C19H20N4O4S. The maximum atomic E-state index is 12.4. The largest absolute Gasteiger partial charge is 0.371 e. The van der Waals surface area contributed by atoms with Crippen molar-refractivity contribution < 1.29 is 8.42 Å². The third-order valence-corrected chi connectivity index (χ3v) is 5.10. The molecule has 1 aromatic heterocycles. The average molecular weight is 400 g/mol. The van der Waals surface area contributed by atoms with Gasteiger partial charge in [0.2, 0.25) is 10.0 Å². The van der Waals surface area contributed by atoms with Gasteiger partial charge >= 0.3 is 5.69 Å². The van der Waals surface area contributed by atoms with Crippen molar-refractivity contribution in [3.05, 3.63) is 86.6 Å². The first-order valence-corrected chi connectivity index (χ1v) is 10.1. The van der Waals surface area contributed by atoms with E-state index < -0.39 is 21.3 Å². The maximum Gasteiger partial charge on any atom is 0.334 e. The molecule has 0 spiro atoms. The summed E-state index contributed by atoms with van der Waals surface area (Å²) in [4.78, 5) is 27.4. The van der Waals surface area contributed by atoms with E-state index >= 15 is 0 Å². The van der Waals surface area contributed by atoms with Crippen LogP contribution in [0.1, 0.15) is 11.1 Å². The third kappa shape index (κ3) is 4.56. The van der Waals surface area contributed by atoms with Gasteiger partial charge in [-0.1, -0.05) is 24.3 Å². The van der Waals surface area contributed by atoms with Gasteiger partial charge in [0.05, 0.1) is 10.6 Å². The molecule has 0 aliphatic carbocycles. The number of nitrogens with zero attached hydrogens (tertiary/aromatic N) is 1. The van der Waals surface area contributed by atoms with Gasteiger partial charge in [0.1, 0.15) is 5.82 Å². The molecule has 0 bridgehead atoms. The molecule has 0 aliphatic heterocycles. The highest BCUT2D eigenvalue weighted by atomic mass is 32.2. The van der Waals surface area contributed by atoms with Crippen LogP contribution in [0.5, 0.6) is 0 Å². The lowest BCUT2D eigenvalue weighted by Crippen LogP contribution is -2.34. The Kier molecular flexibility index (Phi) is 5.48. The zero-order valence-electron chi connectivity index (χ0n) is 15.2. The highest BCUT2D eigenvalue weighted by Crippen LogP contribution is 2.10. The lowest BCUT2D eigenvalue weighted by Gasteiger charge is -2.09. The second-order valence-electron chi connectivity index (χ2n) is 6.37. The zero-order valence-corrected chi connectivity index (χ0v) is 16.0. The molecule has 2 aromatic carbocycles. The minimum Gasteiger partial charge on any atom is -0.371 e. The van der Waals surface area contributed by atoms with Crippen molar-refractivity contribution in [1.82, 2.24) is 9.55 Å². The van der Waals surface area contributed by atoms with Crippen LogP contribution in [0.3, 0.4) is 0 Å². The Labute approximate surface area is 161 Å². The van der Waals surface area contributed by atoms with Crippen LogP contribution >= 0.6 is 0 Å². The summed E-state index contributed by atoms with van der Waals surface area (Å²) >= 11 is 0. The predicted octanol–water partition coefficient (Wildman–Crippen LogP) is 1.14. The van der Waals surface area contributed by atoms with E-state index in [1.807, 2.05) is 13.0 Å². The minimum absolute atomic E-state index is 0.0494. The summed E-state index contributed by atoms with van der Waals surface area (Å²) in [6, 6.07) is 14.7. The van der Waals surface area contributed by atoms with Crippen LogP contribution in [0.15, 0.2) is 69.1 Å². The van der Waals surface area contributed by atoms with Gasteiger partial charge in [0, 0.05) is 12.6 Å². The molecule has 8 nitrogen and oxygen atoms in total. The highest BCUT2D eigenvalue weighted by molar-refractivity contribution is 7.89. The van der Waals surface area contributed by atoms with Crippen molar-refractivity contribution in [2.75, 3.05) is 11.9 Å². The molecule has 0 unspecified atom stereocenters. The lowest BCUT2D eigenvalue weighted by atomic mass is 10.1. The predicted molar refractivity (Wildman–Crippen MR) is 107 cm³/mol. The summed E-state index contributed by atoms with van der Waals surface area (Å²) in [6.45, 7) is 2.33. The lowest BCUT2D eigenvalue weighted by molar-refractivity contribution is 0.598. The first-order valence-electron chi connectivity index (χ1n) is 8.53. The number of sulfonamides is 1. The molecule has 0 amide bonds. The number of benzene rings is 2. The molecule has 0 atom stereocenters. The second kappa shape index (κ2) is 7.83. The van der Waals surface area contributed by atoms with E-state index in [0.29, 0.717) is 24.5 Å². The number of nitrogens with one attached hydrogen (secondary N) is 2. The Morgan fingerprint density at radius 2 is 1.79 bits per heavy atom. The number of primary sulfonamides is 1. The zero-order chi connectivity index (χ0) is 20.3. The monoisotopic (exact) mass is 400 g/mol. The average Bonchev–Trinajstić information content (AvgIpc) is 2.61. The van der Waals surface area contributed by atoms with Gasteiger partial charge in [-0.25, -0.2) is 22.9 Å². The number of aromatic amines is 1. The number of rotatable bonds is 6. The third-order valence-electron chi connectivity index (χ3n) is 4.17. The highest BCUT2D eigenvalue weighted by Gasteiger charge is 2.08. The number of anilines is 1. The molecule has 28 heavy (non-hydrogen) atoms. The quantitative estimate of drug-likeness (QED) is 0.572. The normalized spacial score (nSPS) is 11.4. The van der Waals surface area contributed by atoms with E-state index in [2.05, 4.69) is 10.3 Å². The summed E-state index contributed by atoms with van der Waals surface area (Å²) in [5.41, 5.74) is 1.37. The van der Waals surface area contributed by atoms with Gasteiger partial charge in [0.25, 0.3) is 5.56 Å². The van der Waals surface area contributed by atoms with E-state index in [-0.39, 0.29) is 4.90 Å². The van der Waals surface area contributed by atoms with E-state index in [1.165, 1.54) is 18.2 Å². The van der Waals surface area contributed by atoms with Crippen LogP contribution in [0.4, 0.5) is 5.82 Å². The van der Waals surface area contributed by atoms with Crippen LogP contribution < -0.4 is 21.7 Å². The smallest absolute Gasteiger partial charge is 0.334 e. The fourth-order valence-electron chi connectivity index (χ4n) is 2.79. The van der Waals surface area contributed by atoms with Gasteiger partial charge < -0.3 is 5.32 Å². The van der Waals surface area contributed by atoms with E-state index in [0.717, 1.165) is 15.7 Å². The first kappa shape index (κ1) is 19.6. The summed E-state index contributed by atoms with van der Waals surface area (Å²) in [6.07, 6.45) is 0.563. The molecule has 0 radical (unpaired) electrons. The van der Waals surface area contributed by atoms with E-state index in [9.17, 15) is 18.0 Å². The molecule has 4 N–H and O–H groups in total. The molecule has 9 heteroatoms. The molecule has 0 saturated carbocycles. The second-order valence-corrected chi connectivity index (χ2v) is 7.93. The molecule has 0 fully saturated rings. The van der Waals surface area contributed by atoms with Crippen molar-refractivity contribution in [3.63, 3.8) is 0 Å². The van der Waals surface area contributed by atoms with Crippen molar-refractivity contribution in [2.24, 2.45) is 5.14 Å². The summed E-state index contributed by atoms with van der Waals surface area (Å²) in [5, 5.41) is 8.07. The summed E-state index contributed by atoms with van der Waals surface area (Å²) in [5.74, 6) is 0.319. The number of hydrogen-bond donors (Lipinski definition) is 3. The van der Waals surface area contributed by atoms with Crippen molar-refractivity contribution in [3.8, 4) is 5.69 Å². The number of hydrogen-bond acceptors (Lipinski definition) is 5. The fourth-order valence-corrected chi connectivity index (χ4v) is 3.30. The topological polar surface area (TPSA) is 127 Å². The number of nitrogens with two attached hydrogens (primary N) is 1.